The van der Waals surface area contributed by atoms with Gasteiger partial charge < -0.3 is 14.7 Å². The number of aromatic nitrogens is 3. The summed E-state index contributed by atoms with van der Waals surface area (Å²) in [5.41, 5.74) is 2.33. The normalized spacial score (nSPS) is 19.7. The quantitative estimate of drug-likeness (QED) is 0.833. The highest BCUT2D eigenvalue weighted by Gasteiger charge is 2.22. The van der Waals surface area contributed by atoms with Crippen molar-refractivity contribution >= 4 is 0 Å². The number of β-amino-alcohol motifs (C(OH)–C–C–N with tert-alkyl or cyclic N) is 1. The molecule has 2 atom stereocenters. The molecule has 6 nitrogen and oxygen atoms in total. The lowest BCUT2D eigenvalue weighted by molar-refractivity contribution is 0.0493. The zero-order chi connectivity index (χ0) is 17.6. The molecule has 136 valence electrons. The highest BCUT2D eigenvalue weighted by atomic mass is 16.5. The number of aryl methyl sites for hydroxylation is 2. The molecule has 3 rings (SSSR count). The van der Waals surface area contributed by atoms with Gasteiger partial charge >= 0.3 is 0 Å². The predicted molar refractivity (Wildman–Crippen MR) is 96.6 cm³/mol. The van der Waals surface area contributed by atoms with Crippen LogP contribution in [0.25, 0.3) is 0 Å². The van der Waals surface area contributed by atoms with E-state index in [2.05, 4.69) is 28.0 Å². The van der Waals surface area contributed by atoms with Crippen molar-refractivity contribution in [1.82, 2.24) is 19.7 Å². The van der Waals surface area contributed by atoms with Gasteiger partial charge in [-0.25, -0.2) is 4.98 Å². The third-order valence-electron chi connectivity index (χ3n) is 4.75. The second-order valence-corrected chi connectivity index (χ2v) is 7.12. The number of hydrogen-bond acceptors (Lipinski definition) is 5. The molecule has 0 aliphatic carbocycles. The van der Waals surface area contributed by atoms with Crippen molar-refractivity contribution in [3.63, 3.8) is 0 Å². The molecule has 6 heteroatoms. The summed E-state index contributed by atoms with van der Waals surface area (Å²) in [4.78, 5) is 6.34. The Hall–Kier alpha value is -1.92. The Labute approximate surface area is 149 Å². The fourth-order valence-electron chi connectivity index (χ4n) is 3.56. The van der Waals surface area contributed by atoms with E-state index in [1.54, 1.807) is 12.7 Å². The van der Waals surface area contributed by atoms with E-state index in [4.69, 9.17) is 4.74 Å². The Morgan fingerprint density at radius 2 is 2.24 bits per heavy atom. The van der Waals surface area contributed by atoms with Crippen molar-refractivity contribution in [1.29, 1.82) is 0 Å². The van der Waals surface area contributed by atoms with Crippen LogP contribution in [0.15, 0.2) is 30.9 Å². The number of likely N-dealkylation sites (tertiary alicyclic amines) is 1. The molecular weight excluding hydrogens is 316 g/mol. The molecule has 0 unspecified atom stereocenters. The van der Waals surface area contributed by atoms with E-state index < -0.39 is 6.10 Å². The molecule has 25 heavy (non-hydrogen) atoms. The molecule has 2 heterocycles. The maximum absolute atomic E-state index is 10.4. The molecule has 0 saturated carbocycles. The Bertz CT molecular complexity index is 659. The minimum Gasteiger partial charge on any atom is -0.491 e. The standard InChI is InChI=1S/C19H28N4O2/c1-15-5-6-19(16(2)8-15)25-12-18(24)11-22-7-3-4-17(9-22)10-23-14-20-13-21-23/h5-6,8,13-14,17-18,24H,3-4,7,9-12H2,1-2H3/t17-,18+/m1/s1. The molecule has 0 bridgehead atoms. The number of aliphatic hydroxyl groups is 1. The molecule has 1 N–H and O–H groups in total. The van der Waals surface area contributed by atoms with E-state index in [9.17, 15) is 5.11 Å². The number of rotatable bonds is 7. The zero-order valence-electron chi connectivity index (χ0n) is 15.1. The van der Waals surface area contributed by atoms with E-state index in [0.29, 0.717) is 19.1 Å². The van der Waals surface area contributed by atoms with Gasteiger partial charge in [-0.3, -0.25) is 4.68 Å². The summed E-state index contributed by atoms with van der Waals surface area (Å²) < 4.78 is 7.70. The number of piperidine rings is 1. The number of hydrogen-bond donors (Lipinski definition) is 1. The molecule has 0 spiro atoms. The molecular formula is C19H28N4O2. The fraction of sp³-hybridized carbons (Fsp3) is 0.579. The highest BCUT2D eigenvalue weighted by Crippen LogP contribution is 2.20. The van der Waals surface area contributed by atoms with Crippen molar-refractivity contribution in [2.45, 2.75) is 39.3 Å². The monoisotopic (exact) mass is 344 g/mol. The third-order valence-corrected chi connectivity index (χ3v) is 4.75. The Balaban J connectivity index is 1.44. The summed E-state index contributed by atoms with van der Waals surface area (Å²) in [7, 11) is 0. The zero-order valence-corrected chi connectivity index (χ0v) is 15.1. The van der Waals surface area contributed by atoms with Crippen molar-refractivity contribution < 1.29 is 9.84 Å². The molecule has 0 radical (unpaired) electrons. The van der Waals surface area contributed by atoms with Crippen LogP contribution < -0.4 is 4.74 Å². The smallest absolute Gasteiger partial charge is 0.137 e. The Morgan fingerprint density at radius 1 is 1.36 bits per heavy atom. The predicted octanol–water partition coefficient (Wildman–Crippen LogP) is 2.05. The van der Waals surface area contributed by atoms with E-state index >= 15 is 0 Å². The van der Waals surface area contributed by atoms with Gasteiger partial charge in [0.15, 0.2) is 0 Å². The number of ether oxygens (including phenoxy) is 1. The second kappa shape index (κ2) is 8.45. The minimum atomic E-state index is -0.481. The van der Waals surface area contributed by atoms with E-state index in [1.807, 2.05) is 23.7 Å². The summed E-state index contributed by atoms with van der Waals surface area (Å²) in [5, 5.41) is 14.5. The highest BCUT2D eigenvalue weighted by molar-refractivity contribution is 5.35. The van der Waals surface area contributed by atoms with Gasteiger partial charge in [-0.1, -0.05) is 17.7 Å². The lowest BCUT2D eigenvalue weighted by atomic mass is 9.98. The van der Waals surface area contributed by atoms with Crippen LogP contribution in [-0.4, -0.2) is 57.1 Å². The van der Waals surface area contributed by atoms with Gasteiger partial charge in [0.25, 0.3) is 0 Å². The van der Waals surface area contributed by atoms with Gasteiger partial charge in [-0.2, -0.15) is 5.10 Å². The molecule has 2 aromatic rings. The van der Waals surface area contributed by atoms with Crippen LogP contribution >= 0.6 is 0 Å². The SMILES string of the molecule is Cc1ccc(OC[C@@H](O)CN2CCC[C@@H](Cn3cncn3)C2)c(C)c1. The molecule has 1 aromatic heterocycles. The van der Waals surface area contributed by atoms with Gasteiger partial charge in [0.2, 0.25) is 0 Å². The van der Waals surface area contributed by atoms with Gasteiger partial charge in [0.1, 0.15) is 31.1 Å². The van der Waals surface area contributed by atoms with Crippen LogP contribution in [0.4, 0.5) is 0 Å². The van der Waals surface area contributed by atoms with E-state index in [0.717, 1.165) is 37.4 Å². The summed E-state index contributed by atoms with van der Waals surface area (Å²) in [6.45, 7) is 8.00. The first-order valence-corrected chi connectivity index (χ1v) is 9.03. The molecule has 1 aliphatic rings. The molecule has 1 aromatic carbocycles. The van der Waals surface area contributed by atoms with Crippen LogP contribution in [0, 0.1) is 19.8 Å². The lowest BCUT2D eigenvalue weighted by Gasteiger charge is -2.33. The minimum absolute atomic E-state index is 0.328. The van der Waals surface area contributed by atoms with Gasteiger partial charge in [0.05, 0.1) is 0 Å². The average Bonchev–Trinajstić information content (AvgIpc) is 3.07. The average molecular weight is 344 g/mol. The second-order valence-electron chi connectivity index (χ2n) is 7.12. The van der Waals surface area contributed by atoms with Crippen LogP contribution in [0.5, 0.6) is 5.75 Å². The van der Waals surface area contributed by atoms with Crippen LogP contribution in [0.3, 0.4) is 0 Å². The van der Waals surface area contributed by atoms with E-state index in [1.165, 1.54) is 12.0 Å². The summed E-state index contributed by atoms with van der Waals surface area (Å²) in [5.74, 6) is 1.41. The van der Waals surface area contributed by atoms with Crippen molar-refractivity contribution in [2.75, 3.05) is 26.2 Å². The number of aliphatic hydroxyl groups excluding tert-OH is 1. The third kappa shape index (κ3) is 5.28. The lowest BCUT2D eigenvalue weighted by Crippen LogP contribution is -2.42. The van der Waals surface area contributed by atoms with Crippen LogP contribution in [0.1, 0.15) is 24.0 Å². The fourth-order valence-corrected chi connectivity index (χ4v) is 3.56. The summed E-state index contributed by atoms with van der Waals surface area (Å²) in [6, 6.07) is 6.11. The Morgan fingerprint density at radius 3 is 3.00 bits per heavy atom. The first kappa shape index (κ1) is 17.9. The Kier molecular flexibility index (Phi) is 6.04. The first-order chi connectivity index (χ1) is 12.1. The molecule has 1 saturated heterocycles. The summed E-state index contributed by atoms with van der Waals surface area (Å²) >= 11 is 0. The number of nitrogens with zero attached hydrogens (tertiary/aromatic N) is 4. The van der Waals surface area contributed by atoms with Crippen molar-refractivity contribution in [3.05, 3.63) is 42.0 Å². The van der Waals surface area contributed by atoms with E-state index in [-0.39, 0.29) is 0 Å². The van der Waals surface area contributed by atoms with Crippen LogP contribution in [0.2, 0.25) is 0 Å². The van der Waals surface area contributed by atoms with Crippen molar-refractivity contribution in [2.24, 2.45) is 5.92 Å². The van der Waals surface area contributed by atoms with Gasteiger partial charge in [-0.05, 0) is 50.8 Å². The number of benzene rings is 1. The van der Waals surface area contributed by atoms with Crippen molar-refractivity contribution in [3.8, 4) is 5.75 Å². The first-order valence-electron chi connectivity index (χ1n) is 9.03. The van der Waals surface area contributed by atoms with Gasteiger partial charge in [0, 0.05) is 19.6 Å². The maximum Gasteiger partial charge on any atom is 0.137 e. The van der Waals surface area contributed by atoms with Gasteiger partial charge in [-0.15, -0.1) is 0 Å². The maximum atomic E-state index is 10.4. The molecule has 0 amide bonds. The largest absolute Gasteiger partial charge is 0.491 e. The molecule has 1 fully saturated rings. The topological polar surface area (TPSA) is 63.4 Å². The summed E-state index contributed by atoms with van der Waals surface area (Å²) in [6.07, 6.45) is 5.22. The van der Waals surface area contributed by atoms with Crippen LogP contribution in [-0.2, 0) is 6.54 Å². The molecule has 1 aliphatic heterocycles.